The van der Waals surface area contributed by atoms with Crippen LogP contribution in [0.4, 0.5) is 87.8 Å². The number of hydrogen-bond donors (Lipinski definition) is 1. The molecule has 0 aliphatic carbocycles. The van der Waals surface area contributed by atoms with Crippen LogP contribution in [0.1, 0.15) is 5.56 Å². The van der Waals surface area contributed by atoms with Crippen LogP contribution in [0.3, 0.4) is 0 Å². The molecule has 1 unspecified atom stereocenters. The van der Waals surface area contributed by atoms with Crippen LogP contribution in [0.2, 0.25) is 0 Å². The molecule has 322 valence electrons. The second-order valence-corrected chi connectivity index (χ2v) is 14.6. The molecule has 0 spiro atoms. The van der Waals surface area contributed by atoms with Crippen molar-refractivity contribution in [3.63, 3.8) is 0 Å². The molecule has 0 aromatic heterocycles. The second-order valence-electron chi connectivity index (χ2n) is 12.6. The molecule has 0 fully saturated rings. The summed E-state index contributed by atoms with van der Waals surface area (Å²) in [6.45, 7) is 0. The van der Waals surface area contributed by atoms with Crippen LogP contribution in [0.15, 0.2) is 59.5 Å². The Bertz CT molecular complexity index is 2310. The summed E-state index contributed by atoms with van der Waals surface area (Å²) < 4.78 is 294. The van der Waals surface area contributed by atoms with Crippen molar-refractivity contribution in [1.29, 1.82) is 0 Å². The monoisotopic (exact) mass is 910 g/mol. The van der Waals surface area contributed by atoms with Crippen molar-refractivity contribution in [2.24, 2.45) is 0 Å². The van der Waals surface area contributed by atoms with Gasteiger partial charge in [-0.1, -0.05) is 30.3 Å². The third kappa shape index (κ3) is 7.49. The fourth-order valence-electron chi connectivity index (χ4n) is 6.46. The van der Waals surface area contributed by atoms with Gasteiger partial charge in [0.2, 0.25) is 0 Å². The van der Waals surface area contributed by atoms with E-state index in [9.17, 15) is 57.8 Å². The van der Waals surface area contributed by atoms with Crippen molar-refractivity contribution < 1.29 is 92.9 Å². The molecule has 0 radical (unpaired) electrons. The molecule has 61 heavy (non-hydrogen) atoms. The van der Waals surface area contributed by atoms with Gasteiger partial charge in [0, 0.05) is 16.5 Å². The van der Waals surface area contributed by atoms with Crippen LogP contribution in [0.25, 0.3) is 0 Å². The van der Waals surface area contributed by atoms with E-state index in [4.69, 9.17) is 0 Å². The van der Waals surface area contributed by atoms with Crippen LogP contribution in [0, 0.1) is 116 Å². The molecule has 1 atom stereocenters. The minimum atomic E-state index is -7.22. The summed E-state index contributed by atoms with van der Waals surface area (Å²) in [7, 11) is 0.196. The average molecular weight is 910 g/mol. The lowest BCUT2D eigenvalue weighted by atomic mass is 9.12. The van der Waals surface area contributed by atoms with E-state index >= 15 is 35.1 Å². The smallest absolute Gasteiger partial charge is 0.200 e. The maximum absolute atomic E-state index is 15.4. The third-order valence-corrected chi connectivity index (χ3v) is 11.0. The van der Waals surface area contributed by atoms with Crippen LogP contribution < -0.4 is 21.9 Å². The number of phenolic OH excluding ortho intramolecular Hbond substituents is 1. The fraction of sp³-hybridized carbons (Fsp3) is 0.0526. The number of benzene rings is 6. The van der Waals surface area contributed by atoms with Gasteiger partial charge in [-0.05, 0) is 24.3 Å². The molecule has 6 rings (SSSR count). The fourth-order valence-corrected chi connectivity index (χ4v) is 7.92. The Morgan fingerprint density at radius 1 is 0.344 bits per heavy atom. The molecule has 6 aromatic carbocycles. The van der Waals surface area contributed by atoms with Gasteiger partial charge in [-0.15, -0.1) is 21.9 Å². The molecule has 6 aromatic rings. The van der Waals surface area contributed by atoms with Crippen molar-refractivity contribution >= 4 is 38.9 Å². The topological polar surface area (TPSA) is 20.2 Å². The molecular formula is C38H15BF20OS. The van der Waals surface area contributed by atoms with Gasteiger partial charge in [-0.25, -0.2) is 87.8 Å². The van der Waals surface area contributed by atoms with Crippen molar-refractivity contribution in [3.05, 3.63) is 177 Å². The van der Waals surface area contributed by atoms with E-state index in [0.29, 0.717) is 5.75 Å². The van der Waals surface area contributed by atoms with Gasteiger partial charge in [0.05, 0.1) is 0 Å². The van der Waals surface area contributed by atoms with E-state index in [1.807, 2.05) is 18.2 Å². The largest absolute Gasteiger partial charge is 0.508 e. The lowest BCUT2D eigenvalue weighted by Crippen LogP contribution is -2.81. The zero-order valence-corrected chi connectivity index (χ0v) is 30.2. The first kappa shape index (κ1) is 46.2. The SMILES string of the molecule is C[S+](Cc1ccccc1)c1ccc(O)cc1.Fc1c(F)c(F)c([B-](c2c(F)c(F)c(F)c(F)c2F)(c2c(F)c(F)c(F)c(F)c2F)c2c(F)c(F)c(F)c(F)c2F)c(F)c1F. The first-order valence-electron chi connectivity index (χ1n) is 16.1. The van der Waals surface area contributed by atoms with Gasteiger partial charge in [-0.3, -0.25) is 0 Å². The van der Waals surface area contributed by atoms with Gasteiger partial charge in [0.1, 0.15) is 70.4 Å². The molecule has 0 bridgehead atoms. The third-order valence-electron chi connectivity index (χ3n) is 9.17. The summed E-state index contributed by atoms with van der Waals surface area (Å²) in [4.78, 5) is 1.29. The Morgan fingerprint density at radius 3 is 0.820 bits per heavy atom. The zero-order valence-electron chi connectivity index (χ0n) is 29.4. The first-order chi connectivity index (χ1) is 28.5. The Labute approximate surface area is 330 Å². The average Bonchev–Trinajstić information content (AvgIpc) is 3.24. The highest BCUT2D eigenvalue weighted by Crippen LogP contribution is 2.31. The normalized spacial score (nSPS) is 12.1. The van der Waals surface area contributed by atoms with Crippen molar-refractivity contribution in [2.75, 3.05) is 6.26 Å². The zero-order chi connectivity index (χ0) is 45.7. The van der Waals surface area contributed by atoms with Crippen LogP contribution in [-0.4, -0.2) is 17.5 Å². The quantitative estimate of drug-likeness (QED) is 0.0558. The van der Waals surface area contributed by atoms with E-state index in [2.05, 4.69) is 30.5 Å². The minimum Gasteiger partial charge on any atom is -0.508 e. The molecular weight excluding hydrogens is 895 g/mol. The lowest BCUT2D eigenvalue weighted by Gasteiger charge is -2.44. The summed E-state index contributed by atoms with van der Waals surface area (Å²) in [6.07, 6.45) is -4.98. The van der Waals surface area contributed by atoms with E-state index in [-0.39, 0.29) is 10.9 Å². The summed E-state index contributed by atoms with van der Waals surface area (Å²) in [5.74, 6) is -70.0. The Balaban J connectivity index is 0.000000366. The van der Waals surface area contributed by atoms with Gasteiger partial charge in [0.25, 0.3) is 0 Å². The summed E-state index contributed by atoms with van der Waals surface area (Å²) >= 11 is 0. The maximum Gasteiger partial charge on any atom is 0.200 e. The van der Waals surface area contributed by atoms with Crippen LogP contribution in [0.5, 0.6) is 5.75 Å². The molecule has 0 aliphatic rings. The Hall–Kier alpha value is -5.87. The number of phenols is 1. The number of hydrogen-bond acceptors (Lipinski definition) is 1. The van der Waals surface area contributed by atoms with E-state index in [1.165, 1.54) is 10.5 Å². The predicted molar refractivity (Wildman–Crippen MR) is 179 cm³/mol. The molecule has 0 saturated heterocycles. The number of rotatable bonds is 7. The maximum atomic E-state index is 15.4. The van der Waals surface area contributed by atoms with Gasteiger partial charge in [-0.2, -0.15) is 0 Å². The molecule has 0 amide bonds. The number of halogens is 20. The van der Waals surface area contributed by atoms with Gasteiger partial charge < -0.3 is 5.11 Å². The molecule has 0 heterocycles. The van der Waals surface area contributed by atoms with Crippen molar-refractivity contribution in [3.8, 4) is 5.75 Å². The standard InChI is InChI=1S/C24BF20.C14H14OS/c26-5-1(6(27)14(35)21(42)13(5)34)25(2-7(28)15(36)22(43)16(37)8(2)29,3-9(30)17(38)23(44)18(39)10(3)31)4-11(32)19(40)24(45)20(41)12(4)33;1-16(11-12-5-3-2-4-6-12)14-9-7-13(15)8-10-14/h;2-10H,11H2,1H3/q-1;/p+1. The highest BCUT2D eigenvalue weighted by molar-refractivity contribution is 7.95. The Morgan fingerprint density at radius 2 is 0.574 bits per heavy atom. The molecule has 1 nitrogen and oxygen atoms in total. The van der Waals surface area contributed by atoms with E-state index < -0.39 is 144 Å². The molecule has 0 aliphatic heterocycles. The first-order valence-corrected chi connectivity index (χ1v) is 17.9. The summed E-state index contributed by atoms with van der Waals surface area (Å²) in [6, 6.07) is 18.0. The van der Waals surface area contributed by atoms with E-state index in [1.54, 1.807) is 12.1 Å². The predicted octanol–water partition coefficient (Wildman–Crippen LogP) is 9.05. The van der Waals surface area contributed by atoms with Gasteiger partial charge >= 0.3 is 0 Å². The van der Waals surface area contributed by atoms with Crippen molar-refractivity contribution in [2.45, 2.75) is 10.6 Å². The molecule has 23 heteroatoms. The van der Waals surface area contributed by atoms with E-state index in [0.717, 1.165) is 5.75 Å². The van der Waals surface area contributed by atoms with Gasteiger partial charge in [0.15, 0.2) is 74.7 Å². The van der Waals surface area contributed by atoms with Crippen molar-refractivity contribution in [1.82, 2.24) is 0 Å². The second kappa shape index (κ2) is 17.2. The van der Waals surface area contributed by atoms with Crippen LogP contribution in [-0.2, 0) is 16.6 Å². The Kier molecular flexibility index (Phi) is 13.1. The number of aromatic hydroxyl groups is 1. The minimum absolute atomic E-state index is 0.196. The summed E-state index contributed by atoms with van der Waals surface area (Å²) in [5.41, 5.74) is -13.0. The lowest BCUT2D eigenvalue weighted by molar-refractivity contribution is 0.378. The molecule has 1 N–H and O–H groups in total. The summed E-state index contributed by atoms with van der Waals surface area (Å²) in [5, 5.41) is 9.23. The highest BCUT2D eigenvalue weighted by atomic mass is 32.2. The van der Waals surface area contributed by atoms with Crippen LogP contribution >= 0.6 is 0 Å². The highest BCUT2D eigenvalue weighted by Gasteiger charge is 2.52. The molecule has 0 saturated carbocycles.